The second-order valence-corrected chi connectivity index (χ2v) is 27.4. The number of nitrogens with zero attached hydrogens (tertiary/aromatic N) is 3. The van der Waals surface area contributed by atoms with Gasteiger partial charge < -0.3 is 35.2 Å². The average molecular weight is 1210 g/mol. The number of phosphoric ester groups is 1. The number of rotatable bonds is 28. The van der Waals surface area contributed by atoms with Crippen molar-refractivity contribution in [1.29, 1.82) is 0 Å². The summed E-state index contributed by atoms with van der Waals surface area (Å²) >= 11 is 0. The molecule has 2 aromatic carbocycles. The number of hydrogen-bond donors (Lipinski definition) is 10. The molecule has 3 amide bonds. The lowest BCUT2D eigenvalue weighted by Crippen LogP contribution is -2.54. The van der Waals surface area contributed by atoms with Crippen LogP contribution in [0.4, 0.5) is 16.2 Å². The number of ether oxygens (including phenoxy) is 1. The van der Waals surface area contributed by atoms with Gasteiger partial charge in [-0.2, -0.15) is 40.6 Å². The molecule has 4 aliphatic heterocycles. The van der Waals surface area contributed by atoms with Crippen LogP contribution in [0.25, 0.3) is 0 Å². The molecule has 31 heteroatoms. The first-order chi connectivity index (χ1) is 36.7. The van der Waals surface area contributed by atoms with Gasteiger partial charge in [-0.3, -0.25) is 29.0 Å². The first-order valence-electron chi connectivity index (χ1n) is 25.4. The summed E-state index contributed by atoms with van der Waals surface area (Å²) in [5.74, 6) is -0.0520. The molecule has 79 heavy (non-hydrogen) atoms. The summed E-state index contributed by atoms with van der Waals surface area (Å²) in [6.07, 6.45) is 14.1. The number of unbranched alkanes of at least 4 members (excludes halogenated alkanes) is 5. The maximum absolute atomic E-state index is 12.9. The van der Waals surface area contributed by atoms with Crippen molar-refractivity contribution < 1.29 is 97.0 Å². The molecular weight excluding hydrogens is 1140 g/mol. The van der Waals surface area contributed by atoms with Gasteiger partial charge in [0.15, 0.2) is 5.71 Å². The summed E-state index contributed by atoms with van der Waals surface area (Å²) in [6.45, 7) is 11.4. The fraction of sp³-hybridized carbons (Fsp3) is 0.521. The third-order valence-corrected chi connectivity index (χ3v) is 19.2. The van der Waals surface area contributed by atoms with E-state index >= 15 is 0 Å². The Kier molecular flexibility index (Phi) is 21.2. The van der Waals surface area contributed by atoms with E-state index in [1.807, 2.05) is 65.0 Å². The van der Waals surface area contributed by atoms with Crippen LogP contribution in [-0.2, 0) is 58.3 Å². The molecule has 0 bridgehead atoms. The number of phosphoric acid groups is 3. The van der Waals surface area contributed by atoms with Gasteiger partial charge in [-0.05, 0) is 101 Å². The van der Waals surface area contributed by atoms with E-state index in [-0.39, 0.29) is 22.1 Å². The molecule has 10 N–H and O–H groups in total. The maximum atomic E-state index is 12.9. The minimum Gasteiger partial charge on any atom is -0.606 e. The molecule has 4 aliphatic rings. The Labute approximate surface area is 460 Å². The number of anilines is 1. The average Bonchev–Trinajstić information content (AvgIpc) is 4.05. The summed E-state index contributed by atoms with van der Waals surface area (Å²) in [5.41, 5.74) is 3.82. The largest absolute Gasteiger partial charge is 0.606 e. The number of carbonyl (C=O) groups excluding carboxylic acids is 2. The van der Waals surface area contributed by atoms with Crippen LogP contribution in [0.3, 0.4) is 0 Å². The number of nitrogens with one attached hydrogen (secondary N) is 3. The van der Waals surface area contributed by atoms with E-state index in [0.29, 0.717) is 39.0 Å². The molecule has 26 nitrogen and oxygen atoms in total. The summed E-state index contributed by atoms with van der Waals surface area (Å²) in [5, 5.41) is 19.3. The molecule has 0 radical (unpaired) electrons. The highest BCUT2D eigenvalue weighted by atomic mass is 32.2. The van der Waals surface area contributed by atoms with Crippen molar-refractivity contribution in [2.24, 2.45) is 0 Å². The quantitative estimate of drug-likeness (QED) is 0.0191. The van der Waals surface area contributed by atoms with Gasteiger partial charge in [0, 0.05) is 73.1 Å². The van der Waals surface area contributed by atoms with E-state index in [9.17, 15) is 64.8 Å². The number of benzene rings is 2. The normalized spacial score (nSPS) is 23.2. The molecule has 1 saturated heterocycles. The predicted molar refractivity (Wildman–Crippen MR) is 287 cm³/mol. The van der Waals surface area contributed by atoms with Crippen molar-refractivity contribution >= 4 is 73.4 Å². The van der Waals surface area contributed by atoms with Crippen molar-refractivity contribution in [3.63, 3.8) is 0 Å². The van der Waals surface area contributed by atoms with E-state index in [1.54, 1.807) is 18.2 Å². The van der Waals surface area contributed by atoms with Crippen molar-refractivity contribution in [3.05, 3.63) is 95.9 Å². The van der Waals surface area contributed by atoms with Gasteiger partial charge >= 0.3 is 30.2 Å². The summed E-state index contributed by atoms with van der Waals surface area (Å²) in [6, 6.07) is 8.62. The monoisotopic (exact) mass is 1210 g/mol. The molecule has 0 saturated carbocycles. The second kappa shape index (κ2) is 26.1. The van der Waals surface area contributed by atoms with E-state index in [2.05, 4.69) is 38.6 Å². The minimum absolute atomic E-state index is 0.0520. The van der Waals surface area contributed by atoms with Crippen LogP contribution in [0.2, 0.25) is 0 Å². The topological polar surface area (TPSA) is 390 Å². The molecule has 2 aromatic rings. The summed E-state index contributed by atoms with van der Waals surface area (Å²) in [7, 11) is -25.6. The Morgan fingerprint density at radius 3 is 2.20 bits per heavy atom. The maximum Gasteiger partial charge on any atom is 0.549 e. The number of urea groups is 1. The highest BCUT2D eigenvalue weighted by Gasteiger charge is 2.50. The molecule has 0 aromatic heterocycles. The number of aliphatic hydroxyl groups is 1. The fourth-order valence-electron chi connectivity index (χ4n) is 9.83. The van der Waals surface area contributed by atoms with Gasteiger partial charge in [0.25, 0.3) is 20.2 Å². The standard InChI is InChI=1S/C48H69N6O20P3S2/c1-6-52-37-22-20-33(78(65,66)67)29-35(37)47(2,3)41(52)17-11-9-12-18-42-48(4,5)36-30-34(79(68,69)70)21-23-38(36)53(42)27-16-10-13-19-44(56)50-26-15-8-7-14-25-49-43-24-28-54(46(57)51-43)45-31-39(55)40(72-45)32-71-76(61,62)74-77(63,64)73-75(58,59)60/h9,11-12,17-18,20-24,28-30,39-40,43,45,49,55H,6-8,10,13-16,19,25-27,31-32H2,1-5H3,(H7-,50,51,56,57,58,59,60,61,62,63,64,65,66,67,68,69,70)/p+1/t39-,40+,43?,45+/m0/s1. The molecule has 438 valence electrons. The van der Waals surface area contributed by atoms with Crippen molar-refractivity contribution in [3.8, 4) is 0 Å². The second-order valence-electron chi connectivity index (χ2n) is 20.2. The number of carbonyl (C=O) groups is 2. The van der Waals surface area contributed by atoms with Gasteiger partial charge in [0.1, 0.15) is 31.6 Å². The molecule has 0 spiro atoms. The highest BCUT2D eigenvalue weighted by molar-refractivity contribution is 7.86. The van der Waals surface area contributed by atoms with Gasteiger partial charge in [0.05, 0.1) is 21.3 Å². The third kappa shape index (κ3) is 17.1. The molecule has 6 atom stereocenters. The molecular formula is C48H70N6O20P3S2+. The number of hydrogen-bond acceptors (Lipinski definition) is 19. The number of allylic oxidation sites excluding steroid dienone is 6. The number of aliphatic hydroxyl groups excluding tert-OH is 1. The first-order valence-corrected chi connectivity index (χ1v) is 32.8. The van der Waals surface area contributed by atoms with Gasteiger partial charge in [-0.25, -0.2) is 9.36 Å². The highest BCUT2D eigenvalue weighted by Crippen LogP contribution is 2.69. The van der Waals surface area contributed by atoms with E-state index in [0.717, 1.165) is 77.3 Å². The minimum atomic E-state index is -5.74. The van der Waals surface area contributed by atoms with Crippen LogP contribution in [0.15, 0.2) is 94.5 Å². The molecule has 3 unspecified atom stereocenters. The zero-order chi connectivity index (χ0) is 58.4. The van der Waals surface area contributed by atoms with E-state index in [1.165, 1.54) is 30.5 Å². The third-order valence-electron chi connectivity index (χ3n) is 13.7. The first kappa shape index (κ1) is 64.2. The Morgan fingerprint density at radius 1 is 0.911 bits per heavy atom. The number of fused-ring (bicyclic) bond motifs is 2. The number of amides is 3. The van der Waals surface area contributed by atoms with Crippen molar-refractivity contribution in [1.82, 2.24) is 20.9 Å². The van der Waals surface area contributed by atoms with Crippen molar-refractivity contribution in [2.45, 2.75) is 138 Å². The van der Waals surface area contributed by atoms with Gasteiger partial charge in [-0.1, -0.05) is 53.5 Å². The Bertz CT molecular complexity index is 3000. The smallest absolute Gasteiger partial charge is 0.549 e. The van der Waals surface area contributed by atoms with Crippen LogP contribution in [0.5, 0.6) is 0 Å². The predicted octanol–water partition coefficient (Wildman–Crippen LogP) is 3.74. The van der Waals surface area contributed by atoms with Crippen molar-refractivity contribution in [2.75, 3.05) is 37.7 Å². The SMILES string of the molecule is CCN1C(=CC=CC=CC2=[N+](CCCCCC(=O)NCCCCCCNC3C=CN([C@H]4C[C@H](O)[C@@H](CO[P+]([O-])(O)OP(=O)(O)O[P+]([O-])(O)O)O4)C(=O)N3)c3ccc(S(=O)(=O)O)cc3C2(C)C)C(C)(C)c2cc(S(=O)(=O)O)ccc21. The van der Waals surface area contributed by atoms with E-state index < -0.39 is 92.5 Å². The van der Waals surface area contributed by atoms with Crippen LogP contribution in [0, 0.1) is 0 Å². The van der Waals surface area contributed by atoms with Crippen LogP contribution < -0.4 is 30.6 Å². The lowest BCUT2D eigenvalue weighted by molar-refractivity contribution is -0.438. The van der Waals surface area contributed by atoms with Crippen LogP contribution >= 0.6 is 24.2 Å². The summed E-state index contributed by atoms with van der Waals surface area (Å²) < 4.78 is 99.0. The zero-order valence-electron chi connectivity index (χ0n) is 44.2. The molecule has 1 fully saturated rings. The number of likely N-dealkylation sites (N-methyl/N-ethyl adjacent to an activating group) is 1. The van der Waals surface area contributed by atoms with Crippen LogP contribution in [0.1, 0.15) is 104 Å². The lowest BCUT2D eigenvalue weighted by atomic mass is 9.81. The molecule has 6 rings (SSSR count). The summed E-state index contributed by atoms with van der Waals surface area (Å²) in [4.78, 5) is 87.7. The molecule has 4 heterocycles. The van der Waals surface area contributed by atoms with Crippen LogP contribution in [-0.4, -0.2) is 135 Å². The Morgan fingerprint density at radius 2 is 1.56 bits per heavy atom. The van der Waals surface area contributed by atoms with Gasteiger partial charge in [0.2, 0.25) is 11.6 Å². The fourth-order valence-corrected chi connectivity index (χ4v) is 13.9. The van der Waals surface area contributed by atoms with E-state index in [4.69, 9.17) is 14.5 Å². The zero-order valence-corrected chi connectivity index (χ0v) is 48.5. The molecule has 0 aliphatic carbocycles. The van der Waals surface area contributed by atoms with Gasteiger partial charge in [-0.15, -0.1) is 0 Å². The Balaban J connectivity index is 0.905. The lowest BCUT2D eigenvalue weighted by Gasteiger charge is -2.31. The Hall–Kier alpha value is -3.96.